The third-order valence-electron chi connectivity index (χ3n) is 5.08. The first kappa shape index (κ1) is 18.5. The number of carbonyl (C=O) groups is 2. The Hall–Kier alpha value is -2.34. The van der Waals surface area contributed by atoms with Crippen molar-refractivity contribution in [2.24, 2.45) is 0 Å². The normalized spacial score (nSPS) is 18.9. The molecule has 1 saturated heterocycles. The molecule has 1 aromatic carbocycles. The number of imide groups is 1. The van der Waals surface area contributed by atoms with Crippen LogP contribution in [-0.4, -0.2) is 73.4 Å². The molecule has 1 aromatic rings. The topological polar surface area (TPSA) is 53.1 Å². The highest BCUT2D eigenvalue weighted by atomic mass is 16.5. The minimum Gasteiger partial charge on any atom is -0.497 e. The van der Waals surface area contributed by atoms with Gasteiger partial charge in [0.15, 0.2) is 0 Å². The van der Waals surface area contributed by atoms with Gasteiger partial charge in [0.25, 0.3) is 11.8 Å². The zero-order valence-corrected chi connectivity index (χ0v) is 15.8. The minimum atomic E-state index is -0.178. The molecule has 0 aliphatic carbocycles. The highest BCUT2D eigenvalue weighted by Gasteiger charge is 2.41. The Morgan fingerprint density at radius 2 is 1.65 bits per heavy atom. The van der Waals surface area contributed by atoms with Crippen LogP contribution in [0.4, 0.5) is 0 Å². The Bertz CT molecular complexity index is 704. The van der Waals surface area contributed by atoms with Gasteiger partial charge in [-0.15, -0.1) is 0 Å². The van der Waals surface area contributed by atoms with E-state index in [0.29, 0.717) is 17.8 Å². The summed E-state index contributed by atoms with van der Waals surface area (Å²) in [6.45, 7) is 5.82. The maximum atomic E-state index is 13.1. The Balaban J connectivity index is 1.99. The molecule has 2 aliphatic rings. The fourth-order valence-corrected chi connectivity index (χ4v) is 3.42. The second kappa shape index (κ2) is 7.91. The van der Waals surface area contributed by atoms with E-state index in [2.05, 4.69) is 23.8 Å². The first-order valence-corrected chi connectivity index (χ1v) is 9.25. The summed E-state index contributed by atoms with van der Waals surface area (Å²) in [5, 5.41) is 0. The molecule has 0 N–H and O–H groups in total. The van der Waals surface area contributed by atoms with E-state index in [1.807, 2.05) is 24.3 Å². The monoisotopic (exact) mass is 357 g/mol. The molecule has 0 unspecified atom stereocenters. The molecule has 140 valence electrons. The van der Waals surface area contributed by atoms with Crippen molar-refractivity contribution in [1.29, 1.82) is 0 Å². The van der Waals surface area contributed by atoms with Crippen LogP contribution in [0, 0.1) is 0 Å². The van der Waals surface area contributed by atoms with E-state index < -0.39 is 0 Å². The lowest BCUT2D eigenvalue weighted by Crippen LogP contribution is -2.46. The SMILES string of the molecule is CCCCN1C(=O)C(c2ccc(OC)cc2)=C(N2CCN(C)CC2)C1=O. The van der Waals surface area contributed by atoms with Crippen LogP contribution in [0.5, 0.6) is 5.75 Å². The number of amides is 2. The van der Waals surface area contributed by atoms with Gasteiger partial charge in [-0.25, -0.2) is 0 Å². The third-order valence-corrected chi connectivity index (χ3v) is 5.08. The number of hydrogen-bond acceptors (Lipinski definition) is 5. The molecule has 0 bridgehead atoms. The van der Waals surface area contributed by atoms with Gasteiger partial charge in [-0.05, 0) is 31.2 Å². The van der Waals surface area contributed by atoms with Crippen LogP contribution >= 0.6 is 0 Å². The van der Waals surface area contributed by atoms with Crippen LogP contribution in [-0.2, 0) is 9.59 Å². The van der Waals surface area contributed by atoms with E-state index in [4.69, 9.17) is 4.74 Å². The first-order valence-electron chi connectivity index (χ1n) is 9.25. The van der Waals surface area contributed by atoms with Gasteiger partial charge in [0.2, 0.25) is 0 Å². The van der Waals surface area contributed by atoms with E-state index in [1.165, 1.54) is 4.90 Å². The molecular formula is C20H27N3O3. The maximum absolute atomic E-state index is 13.1. The van der Waals surface area contributed by atoms with Gasteiger partial charge in [-0.1, -0.05) is 25.5 Å². The van der Waals surface area contributed by atoms with E-state index in [-0.39, 0.29) is 11.8 Å². The molecule has 2 heterocycles. The number of methoxy groups -OCH3 is 1. The number of rotatable bonds is 6. The lowest BCUT2D eigenvalue weighted by molar-refractivity contribution is -0.137. The molecule has 0 spiro atoms. The molecule has 0 saturated carbocycles. The minimum absolute atomic E-state index is 0.154. The fourth-order valence-electron chi connectivity index (χ4n) is 3.42. The number of unbranched alkanes of at least 4 members (excludes halogenated alkanes) is 1. The number of ether oxygens (including phenoxy) is 1. The van der Waals surface area contributed by atoms with Gasteiger partial charge in [-0.3, -0.25) is 14.5 Å². The van der Waals surface area contributed by atoms with Crippen molar-refractivity contribution >= 4 is 17.4 Å². The summed E-state index contributed by atoms with van der Waals surface area (Å²) >= 11 is 0. The molecule has 0 aromatic heterocycles. The van der Waals surface area contributed by atoms with E-state index in [9.17, 15) is 9.59 Å². The van der Waals surface area contributed by atoms with Gasteiger partial charge in [-0.2, -0.15) is 0 Å². The predicted octanol–water partition coefficient (Wildman–Crippen LogP) is 1.82. The maximum Gasteiger partial charge on any atom is 0.277 e. The van der Waals surface area contributed by atoms with Crippen molar-refractivity contribution in [3.63, 3.8) is 0 Å². The molecule has 26 heavy (non-hydrogen) atoms. The molecule has 2 aliphatic heterocycles. The first-order chi connectivity index (χ1) is 12.6. The highest BCUT2D eigenvalue weighted by Crippen LogP contribution is 2.33. The Morgan fingerprint density at radius 3 is 2.23 bits per heavy atom. The molecule has 2 amide bonds. The Morgan fingerprint density at radius 1 is 1.00 bits per heavy atom. The molecule has 6 heteroatoms. The summed E-state index contributed by atoms with van der Waals surface area (Å²) in [6, 6.07) is 7.38. The lowest BCUT2D eigenvalue weighted by Gasteiger charge is -2.34. The summed E-state index contributed by atoms with van der Waals surface area (Å²) < 4.78 is 5.21. The third kappa shape index (κ3) is 3.46. The van der Waals surface area contributed by atoms with Gasteiger partial charge < -0.3 is 14.5 Å². The summed E-state index contributed by atoms with van der Waals surface area (Å²) in [7, 11) is 3.69. The largest absolute Gasteiger partial charge is 0.497 e. The lowest BCUT2D eigenvalue weighted by atomic mass is 10.0. The molecule has 0 atom stereocenters. The number of hydrogen-bond donors (Lipinski definition) is 0. The van der Waals surface area contributed by atoms with Gasteiger partial charge in [0, 0.05) is 32.7 Å². The molecule has 1 fully saturated rings. The number of nitrogens with zero attached hydrogens (tertiary/aromatic N) is 3. The molecular weight excluding hydrogens is 330 g/mol. The van der Waals surface area contributed by atoms with Crippen LogP contribution in [0.1, 0.15) is 25.3 Å². The quantitative estimate of drug-likeness (QED) is 0.727. The Kier molecular flexibility index (Phi) is 5.61. The van der Waals surface area contributed by atoms with Crippen molar-refractivity contribution in [1.82, 2.24) is 14.7 Å². The van der Waals surface area contributed by atoms with Crippen LogP contribution < -0.4 is 4.74 Å². The average molecular weight is 357 g/mol. The summed E-state index contributed by atoms with van der Waals surface area (Å²) in [6.07, 6.45) is 1.77. The second-order valence-electron chi connectivity index (χ2n) is 6.86. The standard InChI is InChI=1S/C20H27N3O3/c1-4-5-10-23-19(24)17(15-6-8-16(26-3)9-7-15)18(20(23)25)22-13-11-21(2)12-14-22/h6-9H,4-5,10-14H2,1-3H3. The number of carbonyl (C=O) groups excluding carboxylic acids is 2. The summed E-state index contributed by atoms with van der Waals surface area (Å²) in [4.78, 5) is 31.9. The fraction of sp³-hybridized carbons (Fsp3) is 0.500. The Labute approximate surface area is 155 Å². The van der Waals surface area contributed by atoms with Crippen LogP contribution in [0.3, 0.4) is 0 Å². The molecule has 3 rings (SSSR count). The average Bonchev–Trinajstić information content (AvgIpc) is 2.91. The van der Waals surface area contributed by atoms with E-state index in [0.717, 1.165) is 50.3 Å². The van der Waals surface area contributed by atoms with E-state index in [1.54, 1.807) is 7.11 Å². The summed E-state index contributed by atoms with van der Waals surface area (Å²) in [5.74, 6) is 0.400. The van der Waals surface area contributed by atoms with Crippen LogP contribution in [0.2, 0.25) is 0 Å². The van der Waals surface area contributed by atoms with Crippen molar-refractivity contribution in [3.8, 4) is 5.75 Å². The smallest absolute Gasteiger partial charge is 0.277 e. The number of piperazine rings is 1. The van der Waals surface area contributed by atoms with Crippen molar-refractivity contribution < 1.29 is 14.3 Å². The molecule has 6 nitrogen and oxygen atoms in total. The predicted molar refractivity (Wildman–Crippen MR) is 101 cm³/mol. The molecule has 0 radical (unpaired) electrons. The van der Waals surface area contributed by atoms with Crippen LogP contribution in [0.15, 0.2) is 30.0 Å². The van der Waals surface area contributed by atoms with Gasteiger partial charge in [0.1, 0.15) is 11.4 Å². The summed E-state index contributed by atoms with van der Waals surface area (Å²) in [5.41, 5.74) is 1.86. The van der Waals surface area contributed by atoms with Gasteiger partial charge in [0.05, 0.1) is 12.7 Å². The van der Waals surface area contributed by atoms with Gasteiger partial charge >= 0.3 is 0 Å². The van der Waals surface area contributed by atoms with Crippen molar-refractivity contribution in [2.45, 2.75) is 19.8 Å². The number of benzene rings is 1. The highest BCUT2D eigenvalue weighted by molar-refractivity contribution is 6.35. The zero-order valence-electron chi connectivity index (χ0n) is 15.8. The van der Waals surface area contributed by atoms with Crippen LogP contribution in [0.25, 0.3) is 5.57 Å². The zero-order chi connectivity index (χ0) is 18.7. The van der Waals surface area contributed by atoms with E-state index >= 15 is 0 Å². The number of likely N-dealkylation sites (N-methyl/N-ethyl adjacent to an activating group) is 1. The second-order valence-corrected chi connectivity index (χ2v) is 6.86. The van der Waals surface area contributed by atoms with Crippen molar-refractivity contribution in [3.05, 3.63) is 35.5 Å². The van der Waals surface area contributed by atoms with Crippen molar-refractivity contribution in [2.75, 3.05) is 46.9 Å².